The number of rotatable bonds is 13. The van der Waals surface area contributed by atoms with Crippen LogP contribution in [-0.4, -0.2) is 59.9 Å². The first-order chi connectivity index (χ1) is 18.3. The quantitative estimate of drug-likeness (QED) is 0.234. The van der Waals surface area contributed by atoms with Gasteiger partial charge in [-0.3, -0.25) is 4.79 Å². The van der Waals surface area contributed by atoms with Crippen molar-refractivity contribution < 1.29 is 29.2 Å². The Labute approximate surface area is 229 Å². The van der Waals surface area contributed by atoms with E-state index in [0.717, 1.165) is 37.7 Å². The van der Waals surface area contributed by atoms with Crippen LogP contribution in [0.1, 0.15) is 79.1 Å². The lowest BCUT2D eigenvalue weighted by Crippen LogP contribution is -2.36. The molecule has 1 aliphatic carbocycles. The second-order valence-corrected chi connectivity index (χ2v) is 11.2. The van der Waals surface area contributed by atoms with Gasteiger partial charge in [0.1, 0.15) is 12.2 Å². The van der Waals surface area contributed by atoms with E-state index in [1.807, 2.05) is 19.1 Å². The number of hydrogen-bond donors (Lipinski definition) is 2. The molecule has 2 N–H and O–H groups in total. The normalized spacial score (nSPS) is 32.9. The smallest absolute Gasteiger partial charge is 0.293 e. The minimum Gasteiger partial charge on any atom is -0.464 e. The van der Waals surface area contributed by atoms with E-state index in [9.17, 15) is 15.0 Å². The molecule has 0 amide bonds. The second kappa shape index (κ2) is 15.6. The summed E-state index contributed by atoms with van der Waals surface area (Å²) in [6.07, 6.45) is 20.2. The molecule has 0 aromatic heterocycles. The van der Waals surface area contributed by atoms with Crippen LogP contribution in [0.25, 0.3) is 0 Å². The van der Waals surface area contributed by atoms with Gasteiger partial charge in [-0.15, -0.1) is 0 Å². The fraction of sp³-hybridized carbons (Fsp3) is 0.656. The highest BCUT2D eigenvalue weighted by atomic mass is 16.5. The lowest BCUT2D eigenvalue weighted by atomic mass is 9.82. The van der Waals surface area contributed by atoms with Crippen molar-refractivity contribution in [1.82, 2.24) is 0 Å². The van der Waals surface area contributed by atoms with E-state index >= 15 is 0 Å². The molecule has 2 fully saturated rings. The third-order valence-electron chi connectivity index (χ3n) is 8.33. The second-order valence-electron chi connectivity index (χ2n) is 11.2. The summed E-state index contributed by atoms with van der Waals surface area (Å²) < 4.78 is 17.4. The number of aliphatic hydroxyl groups excluding tert-OH is 2. The molecule has 0 saturated carbocycles. The largest absolute Gasteiger partial charge is 0.464 e. The van der Waals surface area contributed by atoms with E-state index in [0.29, 0.717) is 32.3 Å². The molecule has 3 aliphatic rings. The predicted octanol–water partition coefficient (Wildman–Crippen LogP) is 5.75. The van der Waals surface area contributed by atoms with Crippen molar-refractivity contribution in [1.29, 1.82) is 0 Å². The molecule has 38 heavy (non-hydrogen) atoms. The molecule has 6 nitrogen and oxygen atoms in total. The van der Waals surface area contributed by atoms with Crippen LogP contribution >= 0.6 is 0 Å². The number of carbonyl (C=O) groups excluding carboxylic acids is 1. The van der Waals surface area contributed by atoms with Gasteiger partial charge in [0, 0.05) is 18.8 Å². The van der Waals surface area contributed by atoms with E-state index in [-0.39, 0.29) is 42.4 Å². The van der Waals surface area contributed by atoms with E-state index in [4.69, 9.17) is 14.2 Å². The van der Waals surface area contributed by atoms with Crippen LogP contribution in [0.5, 0.6) is 0 Å². The summed E-state index contributed by atoms with van der Waals surface area (Å²) in [7, 11) is 0. The van der Waals surface area contributed by atoms with Crippen molar-refractivity contribution in [2.75, 3.05) is 6.61 Å². The summed E-state index contributed by atoms with van der Waals surface area (Å²) in [5.74, 6) is 0.549. The molecule has 0 aromatic rings. The van der Waals surface area contributed by atoms with Gasteiger partial charge in [-0.05, 0) is 63.0 Å². The number of ether oxygens (including phenoxy) is 3. The van der Waals surface area contributed by atoms with E-state index in [2.05, 4.69) is 51.2 Å². The number of aliphatic hydroxyl groups is 2. The van der Waals surface area contributed by atoms with Gasteiger partial charge in [-0.25, -0.2) is 0 Å². The van der Waals surface area contributed by atoms with Crippen LogP contribution in [0, 0.1) is 11.8 Å². The Morgan fingerprint density at radius 1 is 1.29 bits per heavy atom. The SMILES string of the molecule is CCC(C)C(O)C/C=C\C1CC(OC=O)CC(C/C=C(\C)CC/C=C/C=C2\COC3C(O)C(C)=CCC23)O1. The molecule has 8 atom stereocenters. The fourth-order valence-corrected chi connectivity index (χ4v) is 5.47. The Morgan fingerprint density at radius 2 is 2.11 bits per heavy atom. The lowest BCUT2D eigenvalue weighted by Gasteiger charge is -2.33. The standard InChI is InChI=1S/C32H48O6/c1-5-23(3)30(34)13-9-12-26-18-28(37-21-33)19-27(38-26)16-14-22(2)10-7-6-8-11-25-20-36-32-29(25)17-15-24(4)31(32)35/h6,8-9,11-12,14-15,21,23,26-32,34-35H,5,7,10,13,16-20H2,1-4H3/b8-6+,12-9-,22-14+,25-11+. The van der Waals surface area contributed by atoms with E-state index in [1.54, 1.807) is 0 Å². The lowest BCUT2D eigenvalue weighted by molar-refractivity contribution is -0.144. The number of carbonyl (C=O) groups is 1. The van der Waals surface area contributed by atoms with Gasteiger partial charge in [0.05, 0.1) is 31.0 Å². The van der Waals surface area contributed by atoms with Crippen LogP contribution in [0.3, 0.4) is 0 Å². The fourth-order valence-electron chi connectivity index (χ4n) is 5.47. The van der Waals surface area contributed by atoms with Crippen LogP contribution < -0.4 is 0 Å². The zero-order valence-electron chi connectivity index (χ0n) is 23.6. The zero-order valence-corrected chi connectivity index (χ0v) is 23.6. The molecule has 3 rings (SSSR count). The van der Waals surface area contributed by atoms with Crippen molar-refractivity contribution in [2.45, 2.75) is 116 Å². The van der Waals surface area contributed by atoms with Gasteiger partial charge < -0.3 is 24.4 Å². The van der Waals surface area contributed by atoms with Crippen LogP contribution in [0.2, 0.25) is 0 Å². The van der Waals surface area contributed by atoms with E-state index in [1.165, 1.54) is 11.1 Å². The third-order valence-corrected chi connectivity index (χ3v) is 8.33. The molecular formula is C32H48O6. The van der Waals surface area contributed by atoms with Crippen molar-refractivity contribution in [3.63, 3.8) is 0 Å². The monoisotopic (exact) mass is 528 g/mol. The van der Waals surface area contributed by atoms with Gasteiger partial charge >= 0.3 is 0 Å². The van der Waals surface area contributed by atoms with Crippen LogP contribution in [0.4, 0.5) is 0 Å². The highest BCUT2D eigenvalue weighted by Gasteiger charge is 2.39. The summed E-state index contributed by atoms with van der Waals surface area (Å²) in [6, 6.07) is 0. The maximum Gasteiger partial charge on any atom is 0.293 e. The highest BCUT2D eigenvalue weighted by molar-refractivity contribution is 5.37. The van der Waals surface area contributed by atoms with Gasteiger partial charge in [0.2, 0.25) is 0 Å². The predicted molar refractivity (Wildman–Crippen MR) is 150 cm³/mol. The minimum absolute atomic E-state index is 0.00286. The summed E-state index contributed by atoms with van der Waals surface area (Å²) >= 11 is 0. The third kappa shape index (κ3) is 9.04. The topological polar surface area (TPSA) is 85.2 Å². The molecule has 0 radical (unpaired) electrons. The molecule has 8 unspecified atom stereocenters. The molecule has 2 saturated heterocycles. The van der Waals surface area contributed by atoms with Gasteiger partial charge in [0.15, 0.2) is 0 Å². The Hall–Kier alpha value is -1.99. The minimum atomic E-state index is -0.487. The summed E-state index contributed by atoms with van der Waals surface area (Å²) in [4.78, 5) is 11.0. The van der Waals surface area contributed by atoms with Crippen LogP contribution in [0.15, 0.2) is 59.3 Å². The first-order valence-corrected chi connectivity index (χ1v) is 14.4. The Balaban J connectivity index is 1.44. The van der Waals surface area contributed by atoms with Crippen molar-refractivity contribution in [3.8, 4) is 0 Å². The molecule has 6 heteroatoms. The van der Waals surface area contributed by atoms with Crippen molar-refractivity contribution >= 4 is 6.47 Å². The van der Waals surface area contributed by atoms with Gasteiger partial charge in [0.25, 0.3) is 6.47 Å². The molecule has 212 valence electrons. The van der Waals surface area contributed by atoms with Gasteiger partial charge in [-0.2, -0.15) is 0 Å². The summed E-state index contributed by atoms with van der Waals surface area (Å²) in [6.45, 7) is 9.39. The number of fused-ring (bicyclic) bond motifs is 1. The molecule has 2 heterocycles. The van der Waals surface area contributed by atoms with E-state index < -0.39 is 6.10 Å². The maximum atomic E-state index is 11.0. The average molecular weight is 529 g/mol. The number of allylic oxidation sites excluding steroid dienone is 5. The summed E-state index contributed by atoms with van der Waals surface area (Å²) in [5.41, 5.74) is 3.59. The molecular weight excluding hydrogens is 480 g/mol. The highest BCUT2D eigenvalue weighted by Crippen LogP contribution is 2.37. The maximum absolute atomic E-state index is 11.0. The molecule has 0 aromatic carbocycles. The molecule has 0 spiro atoms. The Morgan fingerprint density at radius 3 is 2.87 bits per heavy atom. The first-order valence-electron chi connectivity index (χ1n) is 14.4. The Bertz CT molecular complexity index is 900. The zero-order chi connectivity index (χ0) is 27.5. The van der Waals surface area contributed by atoms with Crippen molar-refractivity contribution in [3.05, 3.63) is 59.3 Å². The summed E-state index contributed by atoms with van der Waals surface area (Å²) in [5, 5.41) is 20.5. The van der Waals surface area contributed by atoms with Crippen molar-refractivity contribution in [2.24, 2.45) is 11.8 Å². The van der Waals surface area contributed by atoms with Gasteiger partial charge in [-0.1, -0.05) is 68.4 Å². The average Bonchev–Trinajstić information content (AvgIpc) is 3.32. The number of hydrogen-bond acceptors (Lipinski definition) is 6. The molecule has 2 aliphatic heterocycles. The Kier molecular flexibility index (Phi) is 12.5. The first kappa shape index (κ1) is 30.6. The molecule has 0 bridgehead atoms. The van der Waals surface area contributed by atoms with Crippen LogP contribution in [-0.2, 0) is 19.0 Å².